The van der Waals surface area contributed by atoms with Gasteiger partial charge in [-0.1, -0.05) is 60.7 Å². The lowest BCUT2D eigenvalue weighted by atomic mass is 10.1. The van der Waals surface area contributed by atoms with E-state index in [9.17, 15) is 9.90 Å². The van der Waals surface area contributed by atoms with Crippen LogP contribution in [-0.4, -0.2) is 33.5 Å². The monoisotopic (exact) mass is 313 g/mol. The molecule has 1 aliphatic heterocycles. The van der Waals surface area contributed by atoms with Gasteiger partial charge in [0.05, 0.1) is 17.1 Å². The van der Waals surface area contributed by atoms with Gasteiger partial charge in [0.2, 0.25) is 5.91 Å². The average Bonchev–Trinajstić information content (AvgIpc) is 2.58. The van der Waals surface area contributed by atoms with Crippen LogP contribution in [0, 0.1) is 0 Å². The summed E-state index contributed by atoms with van der Waals surface area (Å²) >= 11 is 1.55. The van der Waals surface area contributed by atoms with E-state index in [2.05, 4.69) is 0 Å². The Morgan fingerprint density at radius 2 is 1.73 bits per heavy atom. The van der Waals surface area contributed by atoms with E-state index >= 15 is 0 Å². The normalized spacial score (nSPS) is 20.0. The topological polar surface area (TPSA) is 40.5 Å². The van der Waals surface area contributed by atoms with Crippen LogP contribution >= 0.6 is 11.8 Å². The molecule has 22 heavy (non-hydrogen) atoms. The van der Waals surface area contributed by atoms with Gasteiger partial charge in [-0.15, -0.1) is 11.8 Å². The van der Waals surface area contributed by atoms with E-state index in [1.165, 1.54) is 0 Å². The van der Waals surface area contributed by atoms with Gasteiger partial charge >= 0.3 is 0 Å². The predicted molar refractivity (Wildman–Crippen MR) is 89.5 cm³/mol. The second kappa shape index (κ2) is 6.99. The number of carbonyl (C=O) groups excluding carboxylic acids is 1. The molecule has 4 heteroatoms. The summed E-state index contributed by atoms with van der Waals surface area (Å²) in [7, 11) is 0. The van der Waals surface area contributed by atoms with Crippen molar-refractivity contribution in [2.45, 2.75) is 17.9 Å². The summed E-state index contributed by atoms with van der Waals surface area (Å²) in [6.07, 6.45) is -0.544. The van der Waals surface area contributed by atoms with Crippen molar-refractivity contribution in [1.82, 2.24) is 4.90 Å². The molecule has 1 N–H and O–H groups in total. The van der Waals surface area contributed by atoms with Crippen LogP contribution in [0.3, 0.4) is 0 Å². The Balaban J connectivity index is 1.69. The number of aliphatic hydroxyl groups is 1. The number of amides is 1. The van der Waals surface area contributed by atoms with Crippen molar-refractivity contribution in [2.24, 2.45) is 0 Å². The van der Waals surface area contributed by atoms with Gasteiger partial charge in [-0.2, -0.15) is 0 Å². The van der Waals surface area contributed by atoms with Gasteiger partial charge in [0.15, 0.2) is 0 Å². The molecule has 114 valence electrons. The quantitative estimate of drug-likeness (QED) is 0.943. The molecule has 3 nitrogen and oxygen atoms in total. The minimum Gasteiger partial charge on any atom is -0.387 e. The Labute approximate surface area is 135 Å². The van der Waals surface area contributed by atoms with Gasteiger partial charge in [0.25, 0.3) is 0 Å². The number of hydrogen-bond donors (Lipinski definition) is 1. The minimum atomic E-state index is -0.544. The van der Waals surface area contributed by atoms with Crippen LogP contribution in [0.4, 0.5) is 0 Å². The number of thioether (sulfide) groups is 1. The maximum atomic E-state index is 12.1. The van der Waals surface area contributed by atoms with Crippen molar-refractivity contribution in [3.63, 3.8) is 0 Å². The van der Waals surface area contributed by atoms with Gasteiger partial charge < -0.3 is 10.0 Å². The third kappa shape index (κ3) is 3.51. The maximum Gasteiger partial charge on any atom is 0.232 e. The summed E-state index contributed by atoms with van der Waals surface area (Å²) in [5.74, 6) is 0.576. The molecular weight excluding hydrogens is 294 g/mol. The molecule has 1 fully saturated rings. The third-order valence-corrected chi connectivity index (χ3v) is 5.13. The molecule has 0 aliphatic carbocycles. The minimum absolute atomic E-state index is 0.0174. The van der Waals surface area contributed by atoms with Gasteiger partial charge in [0, 0.05) is 13.1 Å². The smallest absolute Gasteiger partial charge is 0.232 e. The van der Waals surface area contributed by atoms with E-state index in [1.54, 1.807) is 11.8 Å². The number of carbonyl (C=O) groups is 1. The summed E-state index contributed by atoms with van der Waals surface area (Å²) in [6.45, 7) is 1.19. The van der Waals surface area contributed by atoms with E-state index in [0.717, 1.165) is 11.1 Å². The highest BCUT2D eigenvalue weighted by Gasteiger charge is 2.31. The average molecular weight is 313 g/mol. The first-order valence-electron chi connectivity index (χ1n) is 7.40. The largest absolute Gasteiger partial charge is 0.387 e. The molecule has 2 aromatic carbocycles. The zero-order valence-electron chi connectivity index (χ0n) is 12.3. The predicted octanol–water partition coefficient (Wildman–Crippen LogP) is 2.86. The summed E-state index contributed by atoms with van der Waals surface area (Å²) in [6, 6.07) is 19.7. The highest BCUT2D eigenvalue weighted by atomic mass is 32.2. The van der Waals surface area contributed by atoms with E-state index in [-0.39, 0.29) is 11.2 Å². The molecule has 0 aromatic heterocycles. The first kappa shape index (κ1) is 15.1. The zero-order chi connectivity index (χ0) is 15.4. The van der Waals surface area contributed by atoms with Crippen molar-refractivity contribution in [2.75, 3.05) is 12.3 Å². The van der Waals surface area contributed by atoms with E-state index < -0.39 is 6.10 Å². The Morgan fingerprint density at radius 3 is 2.41 bits per heavy atom. The Morgan fingerprint density at radius 1 is 1.09 bits per heavy atom. The zero-order valence-corrected chi connectivity index (χ0v) is 13.1. The molecule has 0 spiro atoms. The van der Waals surface area contributed by atoms with E-state index in [4.69, 9.17) is 0 Å². The van der Waals surface area contributed by atoms with Crippen molar-refractivity contribution in [3.05, 3.63) is 71.8 Å². The number of benzene rings is 2. The second-order valence-corrected chi connectivity index (χ2v) is 6.69. The molecule has 1 amide bonds. The lowest BCUT2D eigenvalue weighted by Gasteiger charge is -2.34. The van der Waals surface area contributed by atoms with Crippen molar-refractivity contribution < 1.29 is 9.90 Å². The summed E-state index contributed by atoms with van der Waals surface area (Å²) in [5, 5.41) is 10.6. The number of rotatable bonds is 4. The molecular formula is C18H19NO2S. The molecule has 3 rings (SSSR count). The van der Waals surface area contributed by atoms with Crippen LogP contribution in [0.2, 0.25) is 0 Å². The lowest BCUT2D eigenvalue weighted by Crippen LogP contribution is -2.43. The fourth-order valence-electron chi connectivity index (χ4n) is 2.65. The first-order valence-corrected chi connectivity index (χ1v) is 8.45. The fraction of sp³-hybridized carbons (Fsp3) is 0.278. The third-order valence-electron chi connectivity index (χ3n) is 3.88. The Kier molecular flexibility index (Phi) is 4.80. The van der Waals surface area contributed by atoms with Gasteiger partial charge in [-0.25, -0.2) is 0 Å². The van der Waals surface area contributed by atoms with Gasteiger partial charge in [-0.3, -0.25) is 4.79 Å². The van der Waals surface area contributed by atoms with E-state index in [0.29, 0.717) is 18.8 Å². The molecule has 0 radical (unpaired) electrons. The number of aliphatic hydroxyl groups excluding tert-OH is 1. The Hall–Kier alpha value is -1.78. The SMILES string of the molecule is O=C1CS[C@@H]([C@@H](O)c2ccccc2)CN1Cc1ccccc1. The van der Waals surface area contributed by atoms with Crippen LogP contribution in [0.5, 0.6) is 0 Å². The molecule has 1 heterocycles. The summed E-state index contributed by atoms with van der Waals surface area (Å²) < 4.78 is 0. The summed E-state index contributed by atoms with van der Waals surface area (Å²) in [4.78, 5) is 14.0. The highest BCUT2D eigenvalue weighted by molar-refractivity contribution is 8.00. The first-order chi connectivity index (χ1) is 10.7. The standard InChI is InChI=1S/C18H19NO2S/c20-17-13-22-16(18(21)15-9-5-2-6-10-15)12-19(17)11-14-7-3-1-4-8-14/h1-10,16,18,21H,11-13H2/t16-,18+/m1/s1. The summed E-state index contributed by atoms with van der Waals surface area (Å²) in [5.41, 5.74) is 2.03. The highest BCUT2D eigenvalue weighted by Crippen LogP contribution is 2.31. The Bertz CT molecular complexity index is 617. The molecule has 1 saturated heterocycles. The van der Waals surface area contributed by atoms with Crippen LogP contribution < -0.4 is 0 Å². The van der Waals surface area contributed by atoms with Crippen molar-refractivity contribution >= 4 is 17.7 Å². The second-order valence-electron chi connectivity index (χ2n) is 5.46. The van der Waals surface area contributed by atoms with Crippen LogP contribution in [0.15, 0.2) is 60.7 Å². The maximum absolute atomic E-state index is 12.1. The molecule has 0 saturated carbocycles. The molecule has 2 aromatic rings. The van der Waals surface area contributed by atoms with Crippen LogP contribution in [0.25, 0.3) is 0 Å². The fourth-order valence-corrected chi connectivity index (χ4v) is 3.82. The molecule has 1 aliphatic rings. The van der Waals surface area contributed by atoms with Gasteiger partial charge in [0.1, 0.15) is 0 Å². The number of hydrogen-bond acceptors (Lipinski definition) is 3. The lowest BCUT2D eigenvalue weighted by molar-refractivity contribution is -0.129. The van der Waals surface area contributed by atoms with Gasteiger partial charge in [-0.05, 0) is 11.1 Å². The van der Waals surface area contributed by atoms with Crippen molar-refractivity contribution in [3.8, 4) is 0 Å². The molecule has 2 atom stereocenters. The van der Waals surface area contributed by atoms with Crippen LogP contribution in [-0.2, 0) is 11.3 Å². The molecule has 0 unspecified atom stereocenters. The number of nitrogens with zero attached hydrogens (tertiary/aromatic N) is 1. The van der Waals surface area contributed by atoms with Crippen LogP contribution in [0.1, 0.15) is 17.2 Å². The van der Waals surface area contributed by atoms with E-state index in [1.807, 2.05) is 65.6 Å². The van der Waals surface area contributed by atoms with Crippen molar-refractivity contribution in [1.29, 1.82) is 0 Å². The molecule has 0 bridgehead atoms.